The Labute approximate surface area is 104 Å². The third-order valence-electron chi connectivity index (χ3n) is 1.84. The highest BCUT2D eigenvalue weighted by atomic mass is 79.9. The van der Waals surface area contributed by atoms with Gasteiger partial charge in [-0.1, -0.05) is 15.9 Å². The third kappa shape index (κ3) is 2.62. The molecule has 0 aliphatic rings. The fourth-order valence-electron chi connectivity index (χ4n) is 1.12. The van der Waals surface area contributed by atoms with Crippen LogP contribution >= 0.6 is 27.3 Å². The van der Waals surface area contributed by atoms with Crippen LogP contribution in [0.25, 0.3) is 0 Å². The smallest absolute Gasteiger partial charge is 0.346 e. The number of carboxylic acids is 1. The van der Waals surface area contributed by atoms with Crippen LogP contribution in [0.15, 0.2) is 40.2 Å². The van der Waals surface area contributed by atoms with Crippen molar-refractivity contribution in [3.63, 3.8) is 0 Å². The second-order valence-electron chi connectivity index (χ2n) is 3.01. The van der Waals surface area contributed by atoms with E-state index in [9.17, 15) is 4.79 Å². The Balaban J connectivity index is 2.14. The van der Waals surface area contributed by atoms with E-state index in [-0.39, 0.29) is 4.88 Å². The molecule has 0 amide bonds. The first kappa shape index (κ1) is 11.2. The van der Waals surface area contributed by atoms with Gasteiger partial charge in [-0.05, 0) is 24.3 Å². The standard InChI is InChI=1S/C11H7BrO3S/c12-7-1-3-8(4-2-7)15-9-5-10(11(13)14)16-6-9/h1-6H,(H,13,14). The van der Waals surface area contributed by atoms with Gasteiger partial charge in [-0.15, -0.1) is 11.3 Å². The van der Waals surface area contributed by atoms with Crippen LogP contribution in [-0.2, 0) is 0 Å². The second kappa shape index (κ2) is 4.67. The molecule has 0 unspecified atom stereocenters. The molecule has 16 heavy (non-hydrogen) atoms. The molecule has 2 aromatic rings. The first-order valence-electron chi connectivity index (χ1n) is 4.40. The van der Waals surface area contributed by atoms with Crippen molar-refractivity contribution in [3.8, 4) is 11.5 Å². The van der Waals surface area contributed by atoms with Crippen molar-refractivity contribution < 1.29 is 14.6 Å². The van der Waals surface area contributed by atoms with E-state index in [2.05, 4.69) is 15.9 Å². The van der Waals surface area contributed by atoms with Crippen molar-refractivity contribution >= 4 is 33.2 Å². The minimum atomic E-state index is -0.935. The molecule has 1 aromatic carbocycles. The summed E-state index contributed by atoms with van der Waals surface area (Å²) in [5, 5.41) is 10.4. The number of hydrogen-bond donors (Lipinski definition) is 1. The Morgan fingerprint density at radius 2 is 1.94 bits per heavy atom. The monoisotopic (exact) mass is 298 g/mol. The van der Waals surface area contributed by atoms with E-state index >= 15 is 0 Å². The molecule has 0 bridgehead atoms. The van der Waals surface area contributed by atoms with Crippen LogP contribution in [-0.4, -0.2) is 11.1 Å². The quantitative estimate of drug-likeness (QED) is 0.931. The fraction of sp³-hybridized carbons (Fsp3) is 0. The molecule has 0 atom stereocenters. The third-order valence-corrected chi connectivity index (χ3v) is 3.26. The molecule has 1 aromatic heterocycles. The highest BCUT2D eigenvalue weighted by Gasteiger charge is 2.07. The van der Waals surface area contributed by atoms with Gasteiger partial charge in [0.15, 0.2) is 0 Å². The highest BCUT2D eigenvalue weighted by Crippen LogP contribution is 2.27. The number of ether oxygens (including phenoxy) is 1. The number of benzene rings is 1. The highest BCUT2D eigenvalue weighted by molar-refractivity contribution is 9.10. The molecule has 0 aliphatic carbocycles. The summed E-state index contributed by atoms with van der Waals surface area (Å²) >= 11 is 4.47. The molecule has 1 N–H and O–H groups in total. The van der Waals surface area contributed by atoms with Crippen LogP contribution in [0.5, 0.6) is 11.5 Å². The molecule has 3 nitrogen and oxygen atoms in total. The minimum absolute atomic E-state index is 0.270. The maximum Gasteiger partial charge on any atom is 0.346 e. The normalized spacial score (nSPS) is 10.1. The average molecular weight is 299 g/mol. The summed E-state index contributed by atoms with van der Waals surface area (Å²) in [7, 11) is 0. The van der Waals surface area contributed by atoms with Crippen molar-refractivity contribution in [2.75, 3.05) is 0 Å². The number of rotatable bonds is 3. The second-order valence-corrected chi connectivity index (χ2v) is 4.83. The number of aromatic carboxylic acids is 1. The minimum Gasteiger partial charge on any atom is -0.477 e. The lowest BCUT2D eigenvalue weighted by Crippen LogP contribution is -1.90. The van der Waals surface area contributed by atoms with Gasteiger partial charge >= 0.3 is 5.97 Å². The van der Waals surface area contributed by atoms with Crippen LogP contribution in [0.2, 0.25) is 0 Å². The van der Waals surface area contributed by atoms with Crippen LogP contribution in [0, 0.1) is 0 Å². The molecular weight excluding hydrogens is 292 g/mol. The summed E-state index contributed by atoms with van der Waals surface area (Å²) in [6, 6.07) is 8.85. The van der Waals surface area contributed by atoms with Gasteiger partial charge in [0.2, 0.25) is 0 Å². The van der Waals surface area contributed by atoms with Crippen LogP contribution in [0.3, 0.4) is 0 Å². The van der Waals surface area contributed by atoms with E-state index in [4.69, 9.17) is 9.84 Å². The molecule has 1 heterocycles. The van der Waals surface area contributed by atoms with Crippen LogP contribution in [0.1, 0.15) is 9.67 Å². The Morgan fingerprint density at radius 3 is 2.50 bits per heavy atom. The Bertz CT molecular complexity index is 504. The molecular formula is C11H7BrO3S. The molecule has 0 aliphatic heterocycles. The van der Waals surface area contributed by atoms with E-state index in [0.29, 0.717) is 11.5 Å². The molecule has 5 heteroatoms. The van der Waals surface area contributed by atoms with Gasteiger partial charge in [0.05, 0.1) is 0 Å². The lowest BCUT2D eigenvalue weighted by atomic mass is 10.3. The lowest BCUT2D eigenvalue weighted by molar-refractivity contribution is 0.0702. The SMILES string of the molecule is O=C(O)c1cc(Oc2ccc(Br)cc2)cs1. The van der Waals surface area contributed by atoms with Gasteiger partial charge in [-0.2, -0.15) is 0 Å². The Hall–Kier alpha value is -1.33. The van der Waals surface area contributed by atoms with Gasteiger partial charge in [0.1, 0.15) is 16.4 Å². The lowest BCUT2D eigenvalue weighted by Gasteiger charge is -2.02. The first-order valence-corrected chi connectivity index (χ1v) is 6.07. The predicted octanol–water partition coefficient (Wildman–Crippen LogP) is 4.00. The molecule has 0 spiro atoms. The first-order chi connectivity index (χ1) is 7.65. The number of hydrogen-bond acceptors (Lipinski definition) is 3. The number of carboxylic acid groups (broad SMARTS) is 1. The number of carbonyl (C=O) groups is 1. The summed E-state index contributed by atoms with van der Waals surface area (Å²) < 4.78 is 6.46. The molecule has 82 valence electrons. The summed E-state index contributed by atoms with van der Waals surface area (Å²) in [4.78, 5) is 10.9. The fourth-order valence-corrected chi connectivity index (χ4v) is 2.03. The number of halogens is 1. The van der Waals surface area contributed by atoms with E-state index in [0.717, 1.165) is 15.8 Å². The Morgan fingerprint density at radius 1 is 1.25 bits per heavy atom. The van der Waals surface area contributed by atoms with Crippen molar-refractivity contribution in [2.45, 2.75) is 0 Å². The summed E-state index contributed by atoms with van der Waals surface area (Å²) in [6.07, 6.45) is 0. The van der Waals surface area contributed by atoms with Gasteiger partial charge in [-0.25, -0.2) is 4.79 Å². The van der Waals surface area contributed by atoms with E-state index in [1.807, 2.05) is 24.3 Å². The largest absolute Gasteiger partial charge is 0.477 e. The van der Waals surface area contributed by atoms with Crippen molar-refractivity contribution in [1.29, 1.82) is 0 Å². The van der Waals surface area contributed by atoms with Gasteiger partial charge in [0.25, 0.3) is 0 Å². The predicted molar refractivity (Wildman–Crippen MR) is 65.5 cm³/mol. The van der Waals surface area contributed by atoms with Crippen LogP contribution < -0.4 is 4.74 Å². The molecule has 0 fully saturated rings. The van der Waals surface area contributed by atoms with E-state index < -0.39 is 5.97 Å². The van der Waals surface area contributed by atoms with Gasteiger partial charge in [0, 0.05) is 15.9 Å². The zero-order valence-corrected chi connectivity index (χ0v) is 10.4. The van der Waals surface area contributed by atoms with Gasteiger partial charge in [-0.3, -0.25) is 0 Å². The number of thiophene rings is 1. The van der Waals surface area contributed by atoms with E-state index in [1.165, 1.54) is 6.07 Å². The van der Waals surface area contributed by atoms with Crippen molar-refractivity contribution in [1.82, 2.24) is 0 Å². The molecule has 0 saturated carbocycles. The van der Waals surface area contributed by atoms with E-state index in [1.54, 1.807) is 5.38 Å². The Kier molecular flexibility index (Phi) is 3.26. The summed E-state index contributed by atoms with van der Waals surface area (Å²) in [6.45, 7) is 0. The molecule has 0 saturated heterocycles. The zero-order chi connectivity index (χ0) is 11.5. The maximum atomic E-state index is 10.7. The van der Waals surface area contributed by atoms with Crippen LogP contribution in [0.4, 0.5) is 0 Å². The topological polar surface area (TPSA) is 46.5 Å². The molecule has 0 radical (unpaired) electrons. The molecule has 2 rings (SSSR count). The van der Waals surface area contributed by atoms with Crippen molar-refractivity contribution in [2.24, 2.45) is 0 Å². The van der Waals surface area contributed by atoms with Gasteiger partial charge < -0.3 is 9.84 Å². The van der Waals surface area contributed by atoms with Crippen molar-refractivity contribution in [3.05, 3.63) is 45.1 Å². The zero-order valence-electron chi connectivity index (χ0n) is 8.01. The summed E-state index contributed by atoms with van der Waals surface area (Å²) in [5.74, 6) is 0.290. The summed E-state index contributed by atoms with van der Waals surface area (Å²) in [5.41, 5.74) is 0. The maximum absolute atomic E-state index is 10.7. The average Bonchev–Trinajstić information content (AvgIpc) is 2.70.